The average Bonchev–Trinajstić information content (AvgIpc) is 1.94. The maximum absolute atomic E-state index is 9.91. The van der Waals surface area contributed by atoms with E-state index in [1.165, 1.54) is 0 Å². The predicted octanol–water partition coefficient (Wildman–Crippen LogP) is -3.35. The predicted molar refractivity (Wildman–Crippen MR) is 39.3 cm³/mol. The molecule has 0 aliphatic rings. The van der Waals surface area contributed by atoms with E-state index in [0.29, 0.717) is 6.61 Å². The van der Waals surface area contributed by atoms with Gasteiger partial charge in [-0.3, -0.25) is 0 Å². The molecular weight excluding hydrogens is 222 g/mol. The summed E-state index contributed by atoms with van der Waals surface area (Å²) in [6, 6.07) is 0. The van der Waals surface area contributed by atoms with E-state index in [0.717, 1.165) is 12.8 Å². The van der Waals surface area contributed by atoms with Crippen LogP contribution in [-0.2, 0) is 13.8 Å². The van der Waals surface area contributed by atoms with Gasteiger partial charge in [-0.2, -0.15) is 0 Å². The summed E-state index contributed by atoms with van der Waals surface area (Å²) in [5.74, 6) is 0. The number of hydrogen-bond acceptors (Lipinski definition) is 5. The van der Waals surface area contributed by atoms with Gasteiger partial charge in [0.25, 0.3) is 0 Å². The van der Waals surface area contributed by atoms with Crippen molar-refractivity contribution in [2.45, 2.75) is 19.8 Å². The van der Waals surface area contributed by atoms with Crippen molar-refractivity contribution < 1.29 is 75.0 Å². The van der Waals surface area contributed by atoms with Crippen LogP contribution in [0.15, 0.2) is 0 Å². The number of hydrogen-bond donors (Lipinski definition) is 0. The van der Waals surface area contributed by atoms with E-state index in [-0.39, 0.29) is 64.6 Å². The summed E-state index contributed by atoms with van der Waals surface area (Å²) < 4.78 is 18.8. The van der Waals surface area contributed by atoms with Crippen LogP contribution in [0.1, 0.15) is 19.8 Å². The minimum atomic E-state index is -4.80. The van der Waals surface area contributed by atoms with E-state index in [4.69, 9.17) is 4.74 Å². The first-order chi connectivity index (χ1) is 5.56. The fourth-order valence-electron chi connectivity index (χ4n) is 0.556. The van der Waals surface area contributed by atoms with E-state index < -0.39 is 7.82 Å². The van der Waals surface area contributed by atoms with Crippen LogP contribution in [0.2, 0.25) is 0 Å². The van der Waals surface area contributed by atoms with Gasteiger partial charge in [0.15, 0.2) is 0 Å². The van der Waals surface area contributed by atoms with E-state index in [2.05, 4.69) is 4.52 Å². The molecule has 0 N–H and O–H groups in total. The van der Waals surface area contributed by atoms with Crippen molar-refractivity contribution >= 4 is 7.82 Å². The fourth-order valence-corrected chi connectivity index (χ4v) is 0.855. The second-order valence-corrected chi connectivity index (χ2v) is 3.40. The topological polar surface area (TPSA) is 81.7 Å². The summed E-state index contributed by atoms with van der Waals surface area (Å²) in [6.07, 6.45) is 1.94. The van der Waals surface area contributed by atoms with Crippen LogP contribution in [0.25, 0.3) is 0 Å². The molecule has 0 aromatic rings. The third-order valence-electron chi connectivity index (χ3n) is 1.12. The smallest absolute Gasteiger partial charge is 0.790 e. The minimum absolute atomic E-state index is 0. The van der Waals surface area contributed by atoms with Crippen molar-refractivity contribution in [3.05, 3.63) is 0 Å². The summed E-state index contributed by atoms with van der Waals surface area (Å²) in [4.78, 5) is 19.8. The quantitative estimate of drug-likeness (QED) is 0.262. The number of phosphoric acid groups is 1. The maximum atomic E-state index is 9.91. The molecule has 0 saturated heterocycles. The molecule has 74 valence electrons. The molecular formula is C6H13KO5P-. The van der Waals surface area contributed by atoms with Gasteiger partial charge in [0.05, 0.1) is 21.0 Å². The zero-order valence-corrected chi connectivity index (χ0v) is 12.0. The van der Waals surface area contributed by atoms with E-state index in [1.54, 1.807) is 0 Å². The van der Waals surface area contributed by atoms with Gasteiger partial charge < -0.3 is 23.6 Å². The molecule has 0 heterocycles. The van der Waals surface area contributed by atoms with Crippen molar-refractivity contribution in [1.29, 1.82) is 0 Å². The molecule has 0 amide bonds. The maximum Gasteiger partial charge on any atom is 1.00 e. The van der Waals surface area contributed by atoms with Crippen molar-refractivity contribution in [3.8, 4) is 0 Å². The molecule has 13 heavy (non-hydrogen) atoms. The van der Waals surface area contributed by atoms with Crippen LogP contribution in [-0.4, -0.2) is 19.8 Å². The van der Waals surface area contributed by atoms with Gasteiger partial charge in [-0.15, -0.1) is 0 Å². The first kappa shape index (κ1) is 17.1. The van der Waals surface area contributed by atoms with Gasteiger partial charge in [0.2, 0.25) is 0 Å². The Kier molecular flexibility index (Phi) is 13.5. The second-order valence-electron chi connectivity index (χ2n) is 2.25. The molecule has 0 radical (unpaired) electrons. The van der Waals surface area contributed by atoms with Crippen LogP contribution in [0, 0.1) is 0 Å². The molecule has 0 bridgehead atoms. The number of unbranched alkanes of at least 4 members (excludes halogenated alkanes) is 1. The Balaban J connectivity index is 0. The molecule has 7 heteroatoms. The normalized spacial score (nSPS) is 11.0. The number of rotatable bonds is 7. The molecule has 0 spiro atoms. The monoisotopic (exact) mass is 235 g/mol. The SMILES string of the molecule is CCCCOCCOP(=O)([O-])[O-].[K+]. The molecule has 0 aliphatic carbocycles. The van der Waals surface area contributed by atoms with Crippen molar-refractivity contribution in [3.63, 3.8) is 0 Å². The van der Waals surface area contributed by atoms with Crippen LogP contribution < -0.4 is 61.2 Å². The third kappa shape index (κ3) is 16.4. The Labute approximate surface area is 121 Å². The number of ether oxygens (including phenoxy) is 1. The van der Waals surface area contributed by atoms with Gasteiger partial charge in [0, 0.05) is 6.61 Å². The van der Waals surface area contributed by atoms with E-state index >= 15 is 0 Å². The van der Waals surface area contributed by atoms with Gasteiger partial charge in [-0.05, 0) is 6.42 Å². The first-order valence-corrected chi connectivity index (χ1v) is 5.26. The Morgan fingerprint density at radius 3 is 2.31 bits per heavy atom. The second kappa shape index (κ2) is 10.2. The van der Waals surface area contributed by atoms with Crippen molar-refractivity contribution in [2.24, 2.45) is 0 Å². The van der Waals surface area contributed by atoms with Crippen LogP contribution in [0.4, 0.5) is 0 Å². The van der Waals surface area contributed by atoms with Crippen LogP contribution in [0.5, 0.6) is 0 Å². The van der Waals surface area contributed by atoms with Crippen LogP contribution >= 0.6 is 7.82 Å². The van der Waals surface area contributed by atoms with E-state index in [9.17, 15) is 14.4 Å². The van der Waals surface area contributed by atoms with E-state index in [1.807, 2.05) is 6.92 Å². The average molecular weight is 235 g/mol. The molecule has 0 atom stereocenters. The van der Waals surface area contributed by atoms with Gasteiger partial charge in [-0.1, -0.05) is 13.3 Å². The van der Waals surface area contributed by atoms with Gasteiger partial charge in [-0.25, -0.2) is 0 Å². The number of phosphoric ester groups is 1. The molecule has 5 nitrogen and oxygen atoms in total. The molecule has 0 aromatic heterocycles. The van der Waals surface area contributed by atoms with Crippen molar-refractivity contribution in [2.75, 3.05) is 19.8 Å². The summed E-state index contributed by atoms with van der Waals surface area (Å²) in [5, 5.41) is 0. The molecule has 0 unspecified atom stereocenters. The molecule has 0 aromatic carbocycles. The van der Waals surface area contributed by atoms with Gasteiger partial charge in [0.1, 0.15) is 0 Å². The Hall–Kier alpha value is 1.71. The largest absolute Gasteiger partial charge is 1.00 e. The summed E-state index contributed by atoms with van der Waals surface area (Å²) in [5.41, 5.74) is 0. The zero-order chi connectivity index (χ0) is 9.45. The molecule has 0 rings (SSSR count). The molecule has 0 aliphatic heterocycles. The third-order valence-corrected chi connectivity index (χ3v) is 1.62. The Morgan fingerprint density at radius 1 is 1.23 bits per heavy atom. The summed E-state index contributed by atoms with van der Waals surface area (Å²) >= 11 is 0. The summed E-state index contributed by atoms with van der Waals surface area (Å²) in [7, 11) is -4.80. The van der Waals surface area contributed by atoms with Gasteiger partial charge >= 0.3 is 51.4 Å². The van der Waals surface area contributed by atoms with Crippen molar-refractivity contribution in [1.82, 2.24) is 0 Å². The zero-order valence-electron chi connectivity index (χ0n) is 8.02. The first-order valence-electron chi connectivity index (χ1n) is 3.80. The van der Waals surface area contributed by atoms with Crippen LogP contribution in [0.3, 0.4) is 0 Å². The molecule has 0 fully saturated rings. The Bertz CT molecular complexity index is 148. The Morgan fingerprint density at radius 2 is 1.85 bits per heavy atom. The minimum Gasteiger partial charge on any atom is -0.790 e. The summed E-state index contributed by atoms with van der Waals surface area (Å²) in [6.45, 7) is 2.55. The fraction of sp³-hybridized carbons (Fsp3) is 1.00. The standard InChI is InChI=1S/C6H15O5P.K/c1-2-3-4-10-5-6-11-12(7,8)9;/h2-6H2,1H3,(H2,7,8,9);/q;+1/p-2. The molecule has 0 saturated carbocycles.